The maximum atomic E-state index is 13.6. The predicted octanol–water partition coefficient (Wildman–Crippen LogP) is 6.46. The molecule has 5 rings (SSSR count). The van der Waals surface area contributed by atoms with Gasteiger partial charge < -0.3 is 24.2 Å². The SMILES string of the molecule is CCOc1cc([C@@H]2C(=C(O)c3ccc4c(c3)C[C@H](C)O4)C(=O)C(=O)N2Cc2ccccc2)ccc1OCCC(C)C. The number of rotatable bonds is 10. The quantitative estimate of drug-likeness (QED) is 0.176. The van der Waals surface area contributed by atoms with Crippen molar-refractivity contribution in [1.29, 1.82) is 0 Å². The van der Waals surface area contributed by atoms with Crippen LogP contribution in [0.1, 0.15) is 62.4 Å². The van der Waals surface area contributed by atoms with Crippen LogP contribution >= 0.6 is 0 Å². The second-order valence-electron chi connectivity index (χ2n) is 11.0. The highest BCUT2D eigenvalue weighted by molar-refractivity contribution is 6.46. The average Bonchev–Trinajstić information content (AvgIpc) is 3.45. The summed E-state index contributed by atoms with van der Waals surface area (Å²) in [6.07, 6.45) is 1.64. The van der Waals surface area contributed by atoms with E-state index in [0.717, 1.165) is 23.3 Å². The third-order valence-corrected chi connectivity index (χ3v) is 7.44. The van der Waals surface area contributed by atoms with Crippen LogP contribution in [0.4, 0.5) is 0 Å². The van der Waals surface area contributed by atoms with Crippen LogP contribution in [0, 0.1) is 5.92 Å². The molecule has 0 aliphatic carbocycles. The summed E-state index contributed by atoms with van der Waals surface area (Å²) in [6, 6.07) is 19.5. The smallest absolute Gasteiger partial charge is 0.295 e. The Morgan fingerprint density at radius 2 is 1.80 bits per heavy atom. The summed E-state index contributed by atoms with van der Waals surface area (Å²) in [5, 5.41) is 11.6. The van der Waals surface area contributed by atoms with E-state index in [1.165, 1.54) is 4.90 Å². The number of aliphatic hydroxyl groups is 1. The largest absolute Gasteiger partial charge is 0.507 e. The predicted molar refractivity (Wildman–Crippen MR) is 157 cm³/mol. The van der Waals surface area contributed by atoms with Crippen LogP contribution in [0.5, 0.6) is 17.2 Å². The van der Waals surface area contributed by atoms with Gasteiger partial charge in [0.1, 0.15) is 17.6 Å². The van der Waals surface area contributed by atoms with Crippen molar-refractivity contribution in [3.8, 4) is 17.2 Å². The van der Waals surface area contributed by atoms with Crippen molar-refractivity contribution in [3.05, 3.63) is 94.6 Å². The van der Waals surface area contributed by atoms with Gasteiger partial charge in [-0.3, -0.25) is 9.59 Å². The fourth-order valence-corrected chi connectivity index (χ4v) is 5.38. The van der Waals surface area contributed by atoms with E-state index in [0.29, 0.717) is 48.2 Å². The van der Waals surface area contributed by atoms with E-state index in [1.807, 2.05) is 68.4 Å². The molecule has 3 aromatic carbocycles. The Morgan fingerprint density at radius 3 is 2.54 bits per heavy atom. The number of fused-ring (bicyclic) bond motifs is 1. The summed E-state index contributed by atoms with van der Waals surface area (Å²) < 4.78 is 17.8. The zero-order valence-electron chi connectivity index (χ0n) is 24.1. The van der Waals surface area contributed by atoms with Crippen LogP contribution < -0.4 is 14.2 Å². The Kier molecular flexibility index (Phi) is 8.34. The lowest BCUT2D eigenvalue weighted by molar-refractivity contribution is -0.140. The molecule has 0 bridgehead atoms. The zero-order chi connectivity index (χ0) is 29.1. The van der Waals surface area contributed by atoms with E-state index >= 15 is 0 Å². The van der Waals surface area contributed by atoms with Gasteiger partial charge in [0.2, 0.25) is 0 Å². The topological polar surface area (TPSA) is 85.3 Å². The highest BCUT2D eigenvalue weighted by atomic mass is 16.5. The molecule has 1 N–H and O–H groups in total. The van der Waals surface area contributed by atoms with Crippen LogP contribution in [0.25, 0.3) is 5.76 Å². The summed E-state index contributed by atoms with van der Waals surface area (Å²) in [6.45, 7) is 9.33. The molecule has 2 heterocycles. The molecular weight excluding hydrogens is 518 g/mol. The number of ketones is 1. The lowest BCUT2D eigenvalue weighted by Crippen LogP contribution is -2.29. The van der Waals surface area contributed by atoms with E-state index in [2.05, 4.69) is 13.8 Å². The van der Waals surface area contributed by atoms with Crippen molar-refractivity contribution in [1.82, 2.24) is 4.90 Å². The van der Waals surface area contributed by atoms with E-state index in [1.54, 1.807) is 12.1 Å². The minimum atomic E-state index is -0.817. The van der Waals surface area contributed by atoms with Gasteiger partial charge in [-0.05, 0) is 73.2 Å². The maximum absolute atomic E-state index is 13.6. The lowest BCUT2D eigenvalue weighted by Gasteiger charge is -2.26. The molecule has 1 fully saturated rings. The maximum Gasteiger partial charge on any atom is 0.295 e. The van der Waals surface area contributed by atoms with Crippen LogP contribution in [-0.2, 0) is 22.6 Å². The first-order valence-corrected chi connectivity index (χ1v) is 14.3. The second kappa shape index (κ2) is 12.1. The number of hydrogen-bond acceptors (Lipinski definition) is 6. The summed E-state index contributed by atoms with van der Waals surface area (Å²) in [5.41, 5.74) is 3.01. The van der Waals surface area contributed by atoms with Gasteiger partial charge >= 0.3 is 0 Å². The molecule has 7 nitrogen and oxygen atoms in total. The number of carbonyl (C=O) groups is 2. The fraction of sp³-hybridized carbons (Fsp3) is 0.353. The number of nitrogens with zero attached hydrogens (tertiary/aromatic N) is 1. The molecule has 3 aromatic rings. The monoisotopic (exact) mass is 555 g/mol. The Labute approximate surface area is 241 Å². The summed E-state index contributed by atoms with van der Waals surface area (Å²) >= 11 is 0. The van der Waals surface area contributed by atoms with Gasteiger partial charge in [-0.2, -0.15) is 0 Å². The molecular formula is C34H37NO6. The zero-order valence-corrected chi connectivity index (χ0v) is 24.1. The summed E-state index contributed by atoms with van der Waals surface area (Å²) in [4.78, 5) is 28.6. The molecule has 0 saturated carbocycles. The number of likely N-dealkylation sites (tertiary alicyclic amines) is 1. The van der Waals surface area contributed by atoms with Crippen molar-refractivity contribution in [2.75, 3.05) is 13.2 Å². The molecule has 2 atom stereocenters. The van der Waals surface area contributed by atoms with Crippen molar-refractivity contribution < 1.29 is 28.9 Å². The Hall–Kier alpha value is -4.26. The molecule has 1 amide bonds. The number of ether oxygens (including phenoxy) is 3. The number of carbonyl (C=O) groups excluding carboxylic acids is 2. The minimum Gasteiger partial charge on any atom is -0.507 e. The van der Waals surface area contributed by atoms with Gasteiger partial charge in [0.15, 0.2) is 11.5 Å². The third kappa shape index (κ3) is 5.94. The van der Waals surface area contributed by atoms with Gasteiger partial charge in [-0.1, -0.05) is 50.2 Å². The molecule has 7 heteroatoms. The van der Waals surface area contributed by atoms with Crippen LogP contribution in [-0.4, -0.2) is 41.0 Å². The highest BCUT2D eigenvalue weighted by Crippen LogP contribution is 2.43. The molecule has 1 saturated heterocycles. The average molecular weight is 556 g/mol. The van der Waals surface area contributed by atoms with E-state index in [9.17, 15) is 14.7 Å². The number of benzene rings is 3. The van der Waals surface area contributed by atoms with Crippen LogP contribution in [0.3, 0.4) is 0 Å². The Balaban J connectivity index is 1.60. The first-order valence-electron chi connectivity index (χ1n) is 14.3. The van der Waals surface area contributed by atoms with Gasteiger partial charge in [0.25, 0.3) is 11.7 Å². The van der Waals surface area contributed by atoms with E-state index in [-0.39, 0.29) is 24.0 Å². The number of hydrogen-bond donors (Lipinski definition) is 1. The van der Waals surface area contributed by atoms with Crippen LogP contribution in [0.15, 0.2) is 72.3 Å². The number of Topliss-reactive ketones (excluding diaryl/α,β-unsaturated/α-hetero) is 1. The summed E-state index contributed by atoms with van der Waals surface area (Å²) in [5.74, 6) is 0.812. The second-order valence-corrected chi connectivity index (χ2v) is 11.0. The minimum absolute atomic E-state index is 0.0390. The van der Waals surface area contributed by atoms with Crippen molar-refractivity contribution in [2.45, 2.75) is 59.2 Å². The number of aliphatic hydroxyl groups excluding tert-OH is 1. The number of amides is 1. The normalized spacial score (nSPS) is 19.4. The lowest BCUT2D eigenvalue weighted by atomic mass is 9.94. The molecule has 0 aromatic heterocycles. The van der Waals surface area contributed by atoms with Gasteiger partial charge in [-0.25, -0.2) is 0 Å². The van der Waals surface area contributed by atoms with Gasteiger partial charge in [-0.15, -0.1) is 0 Å². The third-order valence-electron chi connectivity index (χ3n) is 7.44. The molecule has 214 valence electrons. The standard InChI is InChI=1S/C34H37NO6/c1-5-39-29-19-24(11-14-28(29)40-16-15-21(2)3)31-30(32(36)25-12-13-27-26(18-25)17-22(4)41-27)33(37)34(38)35(31)20-23-9-7-6-8-10-23/h6-14,18-19,21-22,31,36H,5,15-17,20H2,1-4H3/t22-,31+/m0/s1. The first kappa shape index (κ1) is 28.3. The van der Waals surface area contributed by atoms with Crippen molar-refractivity contribution in [3.63, 3.8) is 0 Å². The molecule has 0 radical (unpaired) electrons. The van der Waals surface area contributed by atoms with Crippen molar-refractivity contribution >= 4 is 17.4 Å². The highest BCUT2D eigenvalue weighted by Gasteiger charge is 2.46. The fourth-order valence-electron chi connectivity index (χ4n) is 5.38. The molecule has 2 aliphatic rings. The van der Waals surface area contributed by atoms with Gasteiger partial charge in [0.05, 0.1) is 24.8 Å². The molecule has 2 aliphatic heterocycles. The molecule has 41 heavy (non-hydrogen) atoms. The van der Waals surface area contributed by atoms with Gasteiger partial charge in [0, 0.05) is 18.5 Å². The molecule has 0 spiro atoms. The van der Waals surface area contributed by atoms with Crippen molar-refractivity contribution in [2.24, 2.45) is 5.92 Å². The Morgan fingerprint density at radius 1 is 1.02 bits per heavy atom. The van der Waals surface area contributed by atoms with E-state index in [4.69, 9.17) is 14.2 Å². The molecule has 0 unspecified atom stereocenters. The van der Waals surface area contributed by atoms with Crippen LogP contribution in [0.2, 0.25) is 0 Å². The Bertz CT molecular complexity index is 1460. The summed E-state index contributed by atoms with van der Waals surface area (Å²) in [7, 11) is 0. The van der Waals surface area contributed by atoms with E-state index < -0.39 is 17.7 Å². The first-order chi connectivity index (χ1) is 19.8.